The van der Waals surface area contributed by atoms with Crippen LogP contribution in [-0.2, 0) is 42.8 Å². The number of carbonyl (C=O) groups is 3. The molecule has 0 aromatic carbocycles. The van der Waals surface area contributed by atoms with Crippen molar-refractivity contribution in [2.24, 2.45) is 63.6 Å². The van der Waals surface area contributed by atoms with Crippen LogP contribution in [0.25, 0.3) is 0 Å². The minimum atomic E-state index is -1.58. The van der Waals surface area contributed by atoms with Gasteiger partial charge in [0.05, 0.1) is 23.7 Å². The van der Waals surface area contributed by atoms with Crippen LogP contribution in [-0.4, -0.2) is 93.4 Å². The molecule has 8 aliphatic rings. The number of ether oxygens (including phenoxy) is 6. The van der Waals surface area contributed by atoms with E-state index >= 15 is 0 Å². The first-order valence-corrected chi connectivity index (χ1v) is 17.5. The van der Waals surface area contributed by atoms with Gasteiger partial charge in [0.1, 0.15) is 41.9 Å². The molecule has 21 atom stereocenters. The van der Waals surface area contributed by atoms with Crippen LogP contribution < -0.4 is 0 Å². The monoisotopic (exact) mass is 674 g/mol. The molecule has 3 heterocycles. The summed E-state index contributed by atoms with van der Waals surface area (Å²) in [5.41, 5.74) is -4.58. The van der Waals surface area contributed by atoms with E-state index in [0.717, 1.165) is 0 Å². The smallest absolute Gasteiger partial charge is 0.303 e. The number of aliphatic hydroxyl groups is 3. The molecule has 1 spiro atoms. The van der Waals surface area contributed by atoms with Crippen molar-refractivity contribution in [1.82, 2.24) is 0 Å². The Bertz CT molecular complexity index is 1490. The van der Waals surface area contributed by atoms with Gasteiger partial charge in [-0.25, -0.2) is 0 Å². The Balaban J connectivity index is 1.35. The molecule has 48 heavy (non-hydrogen) atoms. The molecule has 3 aliphatic heterocycles. The first-order valence-electron chi connectivity index (χ1n) is 17.5. The highest BCUT2D eigenvalue weighted by molar-refractivity contribution is 5.67. The number of aliphatic hydroxyl groups excluding tert-OH is 2. The number of esters is 3. The predicted octanol–water partition coefficient (Wildman–Crippen LogP) is 2.11. The van der Waals surface area contributed by atoms with E-state index in [1.165, 1.54) is 20.8 Å². The van der Waals surface area contributed by atoms with Crippen LogP contribution in [0.5, 0.6) is 0 Å². The normalized spacial score (nSPS) is 61.1. The molecule has 2 unspecified atom stereocenters. The van der Waals surface area contributed by atoms with Crippen molar-refractivity contribution in [2.45, 2.75) is 129 Å². The molecule has 0 aromatic heterocycles. The summed E-state index contributed by atoms with van der Waals surface area (Å²) < 4.78 is 37.2. The van der Waals surface area contributed by atoms with Gasteiger partial charge in [-0.15, -0.1) is 0 Å². The van der Waals surface area contributed by atoms with Crippen molar-refractivity contribution in [3.63, 3.8) is 0 Å². The van der Waals surface area contributed by atoms with Crippen molar-refractivity contribution in [3.05, 3.63) is 12.3 Å². The Morgan fingerprint density at radius 3 is 2.02 bits per heavy atom. The molecule has 8 rings (SSSR count). The Hall–Kier alpha value is -2.25. The SMILES string of the molecule is C=C1O[C@@]23O[C@H]2[C@@H](C)[C@H]2[C@@H]([C@H](O)[C@H]4[C@H]5C(C(C)[C@H](OC(C)=O)[C@@]42C)[C@]2(C)[C@H](C[C@@H]4O[C@@H]4[C@@H]2OC(C)=O)[C@H](OC(C)=O)[C@@H]5O)[C@@]3(C)[C@]1(C)O. The van der Waals surface area contributed by atoms with Crippen molar-refractivity contribution in [1.29, 1.82) is 0 Å². The second-order valence-corrected chi connectivity index (χ2v) is 17.2. The number of rotatable bonds is 3. The van der Waals surface area contributed by atoms with Gasteiger partial charge in [0.15, 0.2) is 0 Å². The molecule has 5 saturated carbocycles. The van der Waals surface area contributed by atoms with Crippen molar-refractivity contribution >= 4 is 17.9 Å². The van der Waals surface area contributed by atoms with E-state index in [-0.39, 0.29) is 29.8 Å². The van der Waals surface area contributed by atoms with Crippen LogP contribution in [0.2, 0.25) is 0 Å². The van der Waals surface area contributed by atoms with Gasteiger partial charge < -0.3 is 43.7 Å². The highest BCUT2D eigenvalue weighted by Gasteiger charge is 2.91. The van der Waals surface area contributed by atoms with Gasteiger partial charge >= 0.3 is 17.9 Å². The fourth-order valence-corrected chi connectivity index (χ4v) is 13.8. The van der Waals surface area contributed by atoms with Crippen LogP contribution in [0.1, 0.15) is 68.7 Å². The highest BCUT2D eigenvalue weighted by Crippen LogP contribution is 2.82. The van der Waals surface area contributed by atoms with Crippen LogP contribution >= 0.6 is 0 Å². The fourth-order valence-electron chi connectivity index (χ4n) is 13.8. The summed E-state index contributed by atoms with van der Waals surface area (Å²) in [6, 6.07) is 0. The van der Waals surface area contributed by atoms with Gasteiger partial charge in [-0.05, 0) is 49.9 Å². The molecule has 0 bridgehead atoms. The topological polar surface area (TPSA) is 174 Å². The van der Waals surface area contributed by atoms with Crippen LogP contribution in [0.3, 0.4) is 0 Å². The zero-order valence-electron chi connectivity index (χ0n) is 29.2. The third-order valence-electron chi connectivity index (χ3n) is 15.5. The van der Waals surface area contributed by atoms with Gasteiger partial charge in [-0.3, -0.25) is 14.4 Å². The molecule has 12 heteroatoms. The number of hydrogen-bond acceptors (Lipinski definition) is 12. The van der Waals surface area contributed by atoms with Crippen molar-refractivity contribution in [3.8, 4) is 0 Å². The molecule has 5 aliphatic carbocycles. The summed E-state index contributed by atoms with van der Waals surface area (Å²) >= 11 is 0. The third kappa shape index (κ3) is 3.47. The van der Waals surface area contributed by atoms with Crippen molar-refractivity contribution < 1.29 is 58.1 Å². The average Bonchev–Trinajstić information content (AvgIpc) is 3.88. The summed E-state index contributed by atoms with van der Waals surface area (Å²) in [7, 11) is 0. The van der Waals surface area contributed by atoms with E-state index < -0.39 is 118 Å². The summed E-state index contributed by atoms with van der Waals surface area (Å²) in [6.45, 7) is 19.8. The summed E-state index contributed by atoms with van der Waals surface area (Å²) in [5.74, 6) is -6.40. The minimum absolute atomic E-state index is 0.170. The van der Waals surface area contributed by atoms with E-state index in [2.05, 4.69) is 13.5 Å². The molecule has 3 saturated heterocycles. The molecule has 12 nitrogen and oxygen atoms in total. The Morgan fingerprint density at radius 1 is 0.812 bits per heavy atom. The third-order valence-corrected chi connectivity index (χ3v) is 15.5. The van der Waals surface area contributed by atoms with Crippen molar-refractivity contribution in [2.75, 3.05) is 0 Å². The molecular weight excluding hydrogens is 624 g/mol. The zero-order chi connectivity index (χ0) is 35.0. The molecular formula is C36H50O12. The van der Waals surface area contributed by atoms with Crippen LogP contribution in [0, 0.1) is 63.6 Å². The second-order valence-electron chi connectivity index (χ2n) is 17.2. The summed E-state index contributed by atoms with van der Waals surface area (Å²) in [5, 5.41) is 37.7. The Morgan fingerprint density at radius 2 is 1.42 bits per heavy atom. The number of epoxide rings is 2. The van der Waals surface area contributed by atoms with E-state index in [9.17, 15) is 29.7 Å². The van der Waals surface area contributed by atoms with E-state index in [4.69, 9.17) is 28.4 Å². The van der Waals surface area contributed by atoms with Gasteiger partial charge in [0, 0.05) is 49.4 Å². The maximum atomic E-state index is 13.0. The maximum Gasteiger partial charge on any atom is 0.303 e. The lowest BCUT2D eigenvalue weighted by Gasteiger charge is -2.67. The lowest BCUT2D eigenvalue weighted by molar-refractivity contribution is -0.286. The fraction of sp³-hybridized carbons (Fsp3) is 0.861. The quantitative estimate of drug-likeness (QED) is 0.226. The van der Waals surface area contributed by atoms with Gasteiger partial charge in [0.2, 0.25) is 5.79 Å². The van der Waals surface area contributed by atoms with Crippen LogP contribution in [0.4, 0.5) is 0 Å². The molecule has 0 radical (unpaired) electrons. The number of carbonyl (C=O) groups excluding carboxylic acids is 3. The van der Waals surface area contributed by atoms with Gasteiger partial charge in [-0.1, -0.05) is 34.3 Å². The summed E-state index contributed by atoms with van der Waals surface area (Å²) in [4.78, 5) is 38.4. The molecule has 0 aromatic rings. The van der Waals surface area contributed by atoms with E-state index in [0.29, 0.717) is 6.42 Å². The van der Waals surface area contributed by atoms with Crippen LogP contribution in [0.15, 0.2) is 12.3 Å². The summed E-state index contributed by atoms with van der Waals surface area (Å²) in [6.07, 6.45) is -5.29. The maximum absolute atomic E-state index is 13.0. The predicted molar refractivity (Wildman–Crippen MR) is 164 cm³/mol. The minimum Gasteiger partial charge on any atom is -0.462 e. The lowest BCUT2D eigenvalue weighted by Crippen LogP contribution is -2.73. The standard InChI is InChI=1S/C36H50O12/c1-12-21-20(25(40)27(43-15(4)37)18-11-19-28(46-19)31(32(18,21)7)45-17(6)39)23-26(41)24-22(33(23,8)29(12)44-16(5)38)13(2)30-36(48-30)34(24,9)35(10,42)14(3)47-36/h12-13,18-31,40-42H,3,11H2,1-2,4-10H3/t12?,13-,18+,19-,20+,21?,22-,23+,24-,25+,26+,27-,28-,29-,30-,31-,32-,33+,34-,35+,36+/m0/s1. The Kier molecular flexibility index (Phi) is 6.54. The first kappa shape index (κ1) is 32.9. The lowest BCUT2D eigenvalue weighted by atomic mass is 9.39. The highest BCUT2D eigenvalue weighted by atomic mass is 16.8. The zero-order valence-corrected chi connectivity index (χ0v) is 29.2. The van der Waals surface area contributed by atoms with Gasteiger partial charge in [-0.2, -0.15) is 0 Å². The first-order chi connectivity index (χ1) is 22.2. The molecule has 0 amide bonds. The molecule has 3 N–H and O–H groups in total. The van der Waals surface area contributed by atoms with E-state index in [1.807, 2.05) is 27.7 Å². The molecule has 266 valence electrons. The number of fused-ring (bicyclic) bond motifs is 9. The second kappa shape index (κ2) is 9.54. The molecule has 8 fully saturated rings. The Labute approximate surface area is 280 Å². The number of hydrogen-bond donors (Lipinski definition) is 3. The average molecular weight is 675 g/mol. The van der Waals surface area contributed by atoms with E-state index in [1.54, 1.807) is 6.92 Å². The van der Waals surface area contributed by atoms with Gasteiger partial charge in [0.25, 0.3) is 0 Å². The largest absolute Gasteiger partial charge is 0.462 e.